The van der Waals surface area contributed by atoms with Crippen molar-refractivity contribution < 1.29 is 14.4 Å². The first-order valence-electron chi connectivity index (χ1n) is 12.1. The van der Waals surface area contributed by atoms with Crippen LogP contribution in [0.4, 0.5) is 0 Å². The number of fused-ring (bicyclic) bond motifs is 1. The van der Waals surface area contributed by atoms with Crippen molar-refractivity contribution in [1.29, 1.82) is 10.5 Å². The third kappa shape index (κ3) is 9.10. The standard InChI is InChI=1S/C18H32N2O3S.C8H6N2/c1-5-13(11-19)17(21)9-15(7-3)24(23)16(8-4)10-18(22)14(6-2)12-20;1-3-7-8(9-5-1)4-2-6-10-7/h13-18,21-22H,5-10H2,1-4H3;1-6H. The quantitative estimate of drug-likeness (QED) is 0.451. The molecule has 7 nitrogen and oxygen atoms in total. The molecule has 2 rings (SSSR count). The van der Waals surface area contributed by atoms with Crippen molar-refractivity contribution >= 4 is 21.8 Å². The van der Waals surface area contributed by atoms with E-state index in [1.807, 2.05) is 52.0 Å². The molecule has 186 valence electrons. The van der Waals surface area contributed by atoms with Gasteiger partial charge in [0.2, 0.25) is 0 Å². The van der Waals surface area contributed by atoms with Crippen molar-refractivity contribution in [2.45, 2.75) is 88.9 Å². The van der Waals surface area contributed by atoms with Gasteiger partial charge in [0.15, 0.2) is 0 Å². The summed E-state index contributed by atoms with van der Waals surface area (Å²) in [6.07, 6.45) is 5.06. The van der Waals surface area contributed by atoms with Crippen molar-refractivity contribution in [3.05, 3.63) is 36.7 Å². The van der Waals surface area contributed by atoms with Gasteiger partial charge in [-0.25, -0.2) is 0 Å². The molecule has 0 fully saturated rings. The SMILES string of the molecule is CCC(C#N)C(O)CC(CC)S(=O)C(CC)CC(O)C(C#N)CC.c1cnc2cccnc2c1. The number of rotatable bonds is 12. The predicted molar refractivity (Wildman–Crippen MR) is 136 cm³/mol. The van der Waals surface area contributed by atoms with E-state index in [2.05, 4.69) is 22.1 Å². The first-order valence-corrected chi connectivity index (χ1v) is 13.3. The van der Waals surface area contributed by atoms with Gasteiger partial charge in [-0.1, -0.05) is 27.7 Å². The van der Waals surface area contributed by atoms with Gasteiger partial charge in [0.25, 0.3) is 0 Å². The lowest BCUT2D eigenvalue weighted by atomic mass is 9.96. The Hall–Kier alpha value is -2.39. The van der Waals surface area contributed by atoms with Gasteiger partial charge in [-0.3, -0.25) is 14.2 Å². The number of nitrogens with zero attached hydrogens (tertiary/aromatic N) is 4. The molecule has 0 amide bonds. The third-order valence-electron chi connectivity index (χ3n) is 6.09. The molecule has 0 aliphatic carbocycles. The van der Waals surface area contributed by atoms with Gasteiger partial charge in [0.1, 0.15) is 0 Å². The first kappa shape index (κ1) is 29.6. The van der Waals surface area contributed by atoms with Gasteiger partial charge in [-0.2, -0.15) is 10.5 Å². The topological polar surface area (TPSA) is 131 Å². The van der Waals surface area contributed by atoms with Crippen molar-refractivity contribution in [2.24, 2.45) is 11.8 Å². The molecular formula is C26H38N4O3S. The fourth-order valence-corrected chi connectivity index (χ4v) is 5.77. The minimum Gasteiger partial charge on any atom is -0.392 e. The van der Waals surface area contributed by atoms with Crippen LogP contribution < -0.4 is 0 Å². The summed E-state index contributed by atoms with van der Waals surface area (Å²) < 4.78 is 12.9. The molecule has 6 atom stereocenters. The van der Waals surface area contributed by atoms with Crippen LogP contribution in [-0.2, 0) is 10.8 Å². The molecule has 0 aliphatic rings. The van der Waals surface area contributed by atoms with E-state index in [0.29, 0.717) is 38.5 Å². The number of aliphatic hydroxyl groups excluding tert-OH is 2. The number of aliphatic hydroxyl groups is 2. The van der Waals surface area contributed by atoms with Gasteiger partial charge in [-0.05, 0) is 62.8 Å². The molecule has 0 saturated carbocycles. The Kier molecular flexibility index (Phi) is 14.2. The molecule has 0 saturated heterocycles. The summed E-state index contributed by atoms with van der Waals surface area (Å²) in [5, 5.41) is 38.1. The highest BCUT2D eigenvalue weighted by Crippen LogP contribution is 2.24. The first-order chi connectivity index (χ1) is 16.4. The third-order valence-corrected chi connectivity index (χ3v) is 8.45. The Bertz CT molecular complexity index is 853. The normalized spacial score (nSPS) is 17.1. The molecule has 34 heavy (non-hydrogen) atoms. The predicted octanol–water partition coefficient (Wildman–Crippen LogP) is 4.52. The molecule has 2 aromatic rings. The van der Waals surface area contributed by atoms with Crippen LogP contribution in [0.3, 0.4) is 0 Å². The Morgan fingerprint density at radius 1 is 0.794 bits per heavy atom. The van der Waals surface area contributed by atoms with Crippen LogP contribution in [0.2, 0.25) is 0 Å². The van der Waals surface area contributed by atoms with Crippen molar-refractivity contribution in [2.75, 3.05) is 0 Å². The molecule has 2 N–H and O–H groups in total. The molecule has 8 heteroatoms. The van der Waals surface area contributed by atoms with Gasteiger partial charge >= 0.3 is 0 Å². The lowest BCUT2D eigenvalue weighted by Gasteiger charge is -2.27. The van der Waals surface area contributed by atoms with Crippen molar-refractivity contribution in [3.8, 4) is 12.1 Å². The second kappa shape index (κ2) is 16.3. The van der Waals surface area contributed by atoms with E-state index in [0.717, 1.165) is 11.0 Å². The number of nitriles is 2. The van der Waals surface area contributed by atoms with Crippen LogP contribution in [0.5, 0.6) is 0 Å². The van der Waals surface area contributed by atoms with Gasteiger partial charge in [0, 0.05) is 33.7 Å². The minimum atomic E-state index is -1.22. The summed E-state index contributed by atoms with van der Waals surface area (Å²) in [7, 11) is -1.22. The van der Waals surface area contributed by atoms with Gasteiger partial charge in [0.05, 0.1) is 47.2 Å². The molecular weight excluding hydrogens is 448 g/mol. The fourth-order valence-electron chi connectivity index (χ4n) is 3.79. The van der Waals surface area contributed by atoms with E-state index in [1.165, 1.54) is 0 Å². The maximum absolute atomic E-state index is 12.9. The van der Waals surface area contributed by atoms with Crippen molar-refractivity contribution in [1.82, 2.24) is 9.97 Å². The number of hydrogen-bond donors (Lipinski definition) is 2. The zero-order chi connectivity index (χ0) is 25.5. The van der Waals surface area contributed by atoms with E-state index in [1.54, 1.807) is 12.4 Å². The molecule has 0 radical (unpaired) electrons. The van der Waals surface area contributed by atoms with Crippen LogP contribution in [0, 0.1) is 34.5 Å². The highest BCUT2D eigenvalue weighted by molar-refractivity contribution is 7.86. The van der Waals surface area contributed by atoms with E-state index < -0.39 is 34.8 Å². The van der Waals surface area contributed by atoms with E-state index in [9.17, 15) is 14.4 Å². The lowest BCUT2D eigenvalue weighted by Crippen LogP contribution is -2.34. The largest absolute Gasteiger partial charge is 0.392 e. The Labute approximate surface area is 206 Å². The summed E-state index contributed by atoms with van der Waals surface area (Å²) in [6, 6.07) is 11.9. The van der Waals surface area contributed by atoms with E-state index in [4.69, 9.17) is 10.5 Å². The van der Waals surface area contributed by atoms with Crippen LogP contribution >= 0.6 is 0 Å². The monoisotopic (exact) mass is 486 g/mol. The molecule has 2 aromatic heterocycles. The second-order valence-electron chi connectivity index (χ2n) is 8.33. The van der Waals surface area contributed by atoms with Crippen LogP contribution in [0.25, 0.3) is 11.0 Å². The molecule has 0 bridgehead atoms. The van der Waals surface area contributed by atoms with Crippen LogP contribution in [0.15, 0.2) is 36.7 Å². The van der Waals surface area contributed by atoms with Crippen LogP contribution in [-0.4, -0.2) is 47.1 Å². The average Bonchev–Trinajstić information content (AvgIpc) is 2.87. The molecule has 2 heterocycles. The minimum absolute atomic E-state index is 0.207. The Morgan fingerprint density at radius 3 is 1.47 bits per heavy atom. The summed E-state index contributed by atoms with van der Waals surface area (Å²) in [5.74, 6) is -0.880. The highest BCUT2D eigenvalue weighted by Gasteiger charge is 2.30. The maximum Gasteiger partial charge on any atom is 0.0886 e. The summed E-state index contributed by atoms with van der Waals surface area (Å²) in [4.78, 5) is 8.24. The number of pyridine rings is 2. The van der Waals surface area contributed by atoms with E-state index in [-0.39, 0.29) is 10.5 Å². The average molecular weight is 487 g/mol. The zero-order valence-corrected chi connectivity index (χ0v) is 21.5. The lowest BCUT2D eigenvalue weighted by molar-refractivity contribution is 0.118. The highest BCUT2D eigenvalue weighted by atomic mass is 32.2. The van der Waals surface area contributed by atoms with Gasteiger partial charge in [-0.15, -0.1) is 0 Å². The number of aromatic nitrogens is 2. The molecule has 6 unspecified atom stereocenters. The molecule has 0 spiro atoms. The van der Waals surface area contributed by atoms with Gasteiger partial charge < -0.3 is 10.2 Å². The van der Waals surface area contributed by atoms with Crippen LogP contribution in [0.1, 0.15) is 66.2 Å². The Balaban J connectivity index is 0.000000469. The second-order valence-corrected chi connectivity index (χ2v) is 10.3. The summed E-state index contributed by atoms with van der Waals surface area (Å²) in [5.41, 5.74) is 1.90. The molecule has 0 aromatic carbocycles. The fraction of sp³-hybridized carbons (Fsp3) is 0.615. The number of hydrogen-bond acceptors (Lipinski definition) is 7. The maximum atomic E-state index is 12.9. The van der Waals surface area contributed by atoms with E-state index >= 15 is 0 Å². The van der Waals surface area contributed by atoms with Crippen molar-refractivity contribution in [3.63, 3.8) is 0 Å². The Morgan fingerprint density at radius 2 is 1.18 bits per heavy atom. The summed E-state index contributed by atoms with van der Waals surface area (Å²) in [6.45, 7) is 7.56. The zero-order valence-electron chi connectivity index (χ0n) is 20.7. The molecule has 0 aliphatic heterocycles. The smallest absolute Gasteiger partial charge is 0.0886 e. The summed E-state index contributed by atoms with van der Waals surface area (Å²) >= 11 is 0.